The summed E-state index contributed by atoms with van der Waals surface area (Å²) in [6, 6.07) is 8.12. The number of amides is 1. The van der Waals surface area contributed by atoms with E-state index in [9.17, 15) is 4.79 Å². The molecule has 5 heteroatoms. The first kappa shape index (κ1) is 14.3. The second kappa shape index (κ2) is 4.95. The van der Waals surface area contributed by atoms with Crippen molar-refractivity contribution >= 4 is 38.9 Å². The summed E-state index contributed by atoms with van der Waals surface area (Å²) in [5, 5.41) is 5.17. The monoisotopic (exact) mass is 346 g/mol. The van der Waals surface area contributed by atoms with Gasteiger partial charge in [0.05, 0.1) is 10.9 Å². The number of thiophene rings is 1. The van der Waals surface area contributed by atoms with Crippen molar-refractivity contribution in [2.45, 2.75) is 37.3 Å². The van der Waals surface area contributed by atoms with Crippen LogP contribution in [0.3, 0.4) is 0 Å². The second-order valence-electron chi connectivity index (χ2n) is 7.17. The molecule has 3 aliphatic heterocycles. The average molecular weight is 347 g/mol. The van der Waals surface area contributed by atoms with Crippen LogP contribution in [0.5, 0.6) is 0 Å². The number of carbonyl (C=O) groups is 1. The third-order valence-electron chi connectivity index (χ3n) is 5.97. The maximum atomic E-state index is 12.8. The van der Waals surface area contributed by atoms with Crippen LogP contribution in [0.1, 0.15) is 35.4 Å². The van der Waals surface area contributed by atoms with Crippen LogP contribution in [0.4, 0.5) is 0 Å². The van der Waals surface area contributed by atoms with Crippen LogP contribution in [-0.4, -0.2) is 35.5 Å². The molecule has 1 aromatic heterocycles. The molecule has 1 aromatic carbocycles. The Hall–Kier alpha value is -1.10. The SMILES string of the molecule is O=C(N[C@@H]1C2CCN(CC2)C12CC2)c1cc2cc(Cl)ccc2s1. The molecule has 120 valence electrons. The highest BCUT2D eigenvalue weighted by molar-refractivity contribution is 7.20. The molecule has 4 aliphatic rings. The number of fused-ring (bicyclic) bond motifs is 3. The minimum Gasteiger partial charge on any atom is -0.346 e. The highest BCUT2D eigenvalue weighted by Crippen LogP contribution is 2.53. The third-order valence-corrected chi connectivity index (χ3v) is 7.32. The zero-order valence-electron chi connectivity index (χ0n) is 12.8. The molecule has 3 saturated heterocycles. The van der Waals surface area contributed by atoms with Gasteiger partial charge in [0.2, 0.25) is 0 Å². The molecule has 1 aliphatic carbocycles. The van der Waals surface area contributed by atoms with Gasteiger partial charge in [-0.15, -0.1) is 11.3 Å². The molecule has 6 rings (SSSR count). The summed E-state index contributed by atoms with van der Waals surface area (Å²) >= 11 is 7.61. The van der Waals surface area contributed by atoms with E-state index in [1.54, 1.807) is 11.3 Å². The molecule has 1 amide bonds. The fourth-order valence-electron chi connectivity index (χ4n) is 4.66. The molecule has 4 fully saturated rings. The highest BCUT2D eigenvalue weighted by Gasteiger charge is 2.60. The zero-order chi connectivity index (χ0) is 15.6. The number of rotatable bonds is 2. The lowest BCUT2D eigenvalue weighted by Crippen LogP contribution is -2.65. The Morgan fingerprint density at radius 3 is 2.78 bits per heavy atom. The first-order chi connectivity index (χ1) is 11.2. The third kappa shape index (κ3) is 2.15. The Bertz CT molecular complexity index is 789. The fraction of sp³-hybridized carbons (Fsp3) is 0.500. The summed E-state index contributed by atoms with van der Waals surface area (Å²) in [4.78, 5) is 16.2. The maximum absolute atomic E-state index is 12.8. The van der Waals surface area contributed by atoms with Crippen molar-refractivity contribution in [1.29, 1.82) is 0 Å². The van der Waals surface area contributed by atoms with Crippen molar-refractivity contribution in [3.8, 4) is 0 Å². The van der Waals surface area contributed by atoms with Gasteiger partial charge < -0.3 is 5.32 Å². The van der Waals surface area contributed by atoms with Gasteiger partial charge in [-0.05, 0) is 74.3 Å². The van der Waals surface area contributed by atoms with E-state index >= 15 is 0 Å². The predicted octanol–water partition coefficient (Wildman–Crippen LogP) is 3.91. The van der Waals surface area contributed by atoms with E-state index in [-0.39, 0.29) is 11.4 Å². The topological polar surface area (TPSA) is 32.3 Å². The number of hydrogen-bond donors (Lipinski definition) is 1. The van der Waals surface area contributed by atoms with Gasteiger partial charge >= 0.3 is 0 Å². The number of nitrogens with one attached hydrogen (secondary N) is 1. The van der Waals surface area contributed by atoms with E-state index < -0.39 is 0 Å². The summed E-state index contributed by atoms with van der Waals surface area (Å²) in [7, 11) is 0. The van der Waals surface area contributed by atoms with Crippen molar-refractivity contribution < 1.29 is 4.79 Å². The van der Waals surface area contributed by atoms with Gasteiger partial charge in [0, 0.05) is 15.3 Å². The Labute approximate surface area is 144 Å². The molecule has 2 aromatic rings. The van der Waals surface area contributed by atoms with Gasteiger partial charge in [0.15, 0.2) is 0 Å². The molecule has 1 N–H and O–H groups in total. The average Bonchev–Trinajstić information content (AvgIpc) is 3.22. The smallest absolute Gasteiger partial charge is 0.261 e. The van der Waals surface area contributed by atoms with Crippen molar-refractivity contribution in [3.05, 3.63) is 34.2 Å². The Morgan fingerprint density at radius 2 is 2.04 bits per heavy atom. The number of halogens is 1. The van der Waals surface area contributed by atoms with E-state index in [2.05, 4.69) is 10.2 Å². The Balaban J connectivity index is 1.42. The molecule has 0 unspecified atom stereocenters. The van der Waals surface area contributed by atoms with Gasteiger partial charge in [-0.25, -0.2) is 0 Å². The van der Waals surface area contributed by atoms with Gasteiger partial charge in [-0.1, -0.05) is 11.6 Å². The summed E-state index contributed by atoms with van der Waals surface area (Å²) < 4.78 is 1.12. The van der Waals surface area contributed by atoms with Crippen LogP contribution in [0, 0.1) is 5.92 Å². The molecular formula is C18H19ClN2OS. The van der Waals surface area contributed by atoms with E-state index in [1.807, 2.05) is 24.3 Å². The van der Waals surface area contributed by atoms with Crippen molar-refractivity contribution in [1.82, 2.24) is 10.2 Å². The lowest BCUT2D eigenvalue weighted by molar-refractivity contribution is -0.00138. The van der Waals surface area contributed by atoms with E-state index in [1.165, 1.54) is 38.8 Å². The predicted molar refractivity (Wildman–Crippen MR) is 94.4 cm³/mol. The maximum Gasteiger partial charge on any atom is 0.261 e. The number of piperidine rings is 3. The molecule has 2 bridgehead atoms. The van der Waals surface area contributed by atoms with Crippen LogP contribution in [0.25, 0.3) is 10.1 Å². The Morgan fingerprint density at radius 1 is 1.26 bits per heavy atom. The van der Waals surface area contributed by atoms with Crippen molar-refractivity contribution in [2.24, 2.45) is 5.92 Å². The Kier molecular flexibility index (Phi) is 3.07. The molecule has 23 heavy (non-hydrogen) atoms. The van der Waals surface area contributed by atoms with Gasteiger partial charge in [-0.2, -0.15) is 0 Å². The van der Waals surface area contributed by atoms with Crippen LogP contribution >= 0.6 is 22.9 Å². The van der Waals surface area contributed by atoms with Crippen LogP contribution < -0.4 is 5.32 Å². The van der Waals surface area contributed by atoms with Crippen molar-refractivity contribution in [2.75, 3.05) is 13.1 Å². The molecule has 0 radical (unpaired) electrons. The van der Waals surface area contributed by atoms with Gasteiger partial charge in [0.25, 0.3) is 5.91 Å². The summed E-state index contributed by atoms with van der Waals surface area (Å²) in [6.07, 6.45) is 4.95. The molecule has 1 atom stereocenters. The minimum atomic E-state index is 0.0901. The number of nitrogens with zero attached hydrogens (tertiary/aromatic N) is 1. The van der Waals surface area contributed by atoms with Crippen molar-refractivity contribution in [3.63, 3.8) is 0 Å². The van der Waals surface area contributed by atoms with Crippen LogP contribution in [0.2, 0.25) is 5.02 Å². The van der Waals surface area contributed by atoms with E-state index in [0.29, 0.717) is 12.0 Å². The van der Waals surface area contributed by atoms with Crippen LogP contribution in [0.15, 0.2) is 24.3 Å². The highest BCUT2D eigenvalue weighted by atomic mass is 35.5. The quantitative estimate of drug-likeness (QED) is 0.894. The number of hydrogen-bond acceptors (Lipinski definition) is 3. The first-order valence-corrected chi connectivity index (χ1v) is 9.60. The largest absolute Gasteiger partial charge is 0.346 e. The van der Waals surface area contributed by atoms with Gasteiger partial charge in [0.1, 0.15) is 0 Å². The lowest BCUT2D eigenvalue weighted by Gasteiger charge is -2.52. The van der Waals surface area contributed by atoms with Crippen LogP contribution in [-0.2, 0) is 0 Å². The van der Waals surface area contributed by atoms with E-state index in [4.69, 9.17) is 11.6 Å². The zero-order valence-corrected chi connectivity index (χ0v) is 14.4. The standard InChI is InChI=1S/C18H19ClN2OS/c19-13-1-2-14-12(9-13)10-15(23-14)17(22)20-16-11-3-7-21(8-4-11)18(16)5-6-18/h1-2,9-11,16H,3-8H2,(H,20,22)/t16-/m1/s1. The fourth-order valence-corrected chi connectivity index (χ4v) is 5.79. The van der Waals surface area contributed by atoms with E-state index in [0.717, 1.165) is 20.0 Å². The molecular weight excluding hydrogens is 328 g/mol. The summed E-state index contributed by atoms with van der Waals surface area (Å²) in [5.74, 6) is 0.752. The summed E-state index contributed by atoms with van der Waals surface area (Å²) in [5.41, 5.74) is 0.289. The van der Waals surface area contributed by atoms with Gasteiger partial charge in [-0.3, -0.25) is 9.69 Å². The normalized spacial score (nSPS) is 30.7. The second-order valence-corrected chi connectivity index (χ2v) is 8.69. The number of carbonyl (C=O) groups excluding carboxylic acids is 1. The summed E-state index contributed by atoms with van der Waals surface area (Å²) in [6.45, 7) is 2.44. The minimum absolute atomic E-state index is 0.0901. The lowest BCUT2D eigenvalue weighted by atomic mass is 9.77. The first-order valence-electron chi connectivity index (χ1n) is 8.41. The number of benzene rings is 1. The molecule has 1 saturated carbocycles. The molecule has 3 nitrogen and oxygen atoms in total. The molecule has 1 spiro atoms. The molecule has 4 heterocycles.